The number of carbonyl (C=O) groups excluding carboxylic acids is 1. The molecule has 0 bridgehead atoms. The second kappa shape index (κ2) is 5.31. The van der Waals surface area contributed by atoms with Gasteiger partial charge in [-0.3, -0.25) is 4.79 Å². The second-order valence-corrected chi connectivity index (χ2v) is 5.34. The van der Waals surface area contributed by atoms with Crippen LogP contribution in [-0.4, -0.2) is 10.9 Å². The molecular weight excluding hydrogens is 268 g/mol. The molecule has 1 heterocycles. The third-order valence-corrected chi connectivity index (χ3v) is 4.00. The molecule has 3 aromatic rings. The number of benzene rings is 2. The molecule has 98 valence electrons. The third kappa shape index (κ3) is 2.36. The first kappa shape index (κ1) is 12.6. The lowest BCUT2D eigenvalue weighted by molar-refractivity contribution is 0.105. The Labute approximate surface area is 120 Å². The molecule has 2 aromatic carbocycles. The normalized spacial score (nSPS) is 11.2. The van der Waals surface area contributed by atoms with Gasteiger partial charge in [-0.2, -0.15) is 0 Å². The summed E-state index contributed by atoms with van der Waals surface area (Å²) < 4.78 is 0. The van der Waals surface area contributed by atoms with Gasteiger partial charge < -0.3 is 5.11 Å². The number of hydrogen-bond donors (Lipinski definition) is 1. The van der Waals surface area contributed by atoms with Crippen molar-refractivity contribution in [3.63, 3.8) is 0 Å². The molecule has 0 atom stereocenters. The summed E-state index contributed by atoms with van der Waals surface area (Å²) in [4.78, 5) is 12.7. The van der Waals surface area contributed by atoms with Crippen molar-refractivity contribution in [1.82, 2.24) is 0 Å². The van der Waals surface area contributed by atoms with Gasteiger partial charge in [-0.25, -0.2) is 0 Å². The molecule has 3 rings (SSSR count). The van der Waals surface area contributed by atoms with Crippen molar-refractivity contribution < 1.29 is 9.90 Å². The van der Waals surface area contributed by atoms with Gasteiger partial charge in [0, 0.05) is 5.39 Å². The average Bonchev–Trinajstić information content (AvgIpc) is 3.01. The summed E-state index contributed by atoms with van der Waals surface area (Å²) in [7, 11) is 0. The fraction of sp³-hybridized carbons (Fsp3) is 0. The van der Waals surface area contributed by atoms with E-state index in [-0.39, 0.29) is 11.5 Å². The Bertz CT molecular complexity index is 786. The minimum absolute atomic E-state index is 0.00263. The number of rotatable bonds is 3. The predicted molar refractivity (Wildman–Crippen MR) is 83.3 cm³/mol. The summed E-state index contributed by atoms with van der Waals surface area (Å²) >= 11 is 1.43. The van der Waals surface area contributed by atoms with Crippen molar-refractivity contribution >= 4 is 34.0 Å². The number of allylic oxidation sites excluding steroid dienone is 1. The van der Waals surface area contributed by atoms with E-state index in [0.717, 1.165) is 21.2 Å². The summed E-state index contributed by atoms with van der Waals surface area (Å²) in [6.45, 7) is 0. The van der Waals surface area contributed by atoms with Crippen LogP contribution in [-0.2, 0) is 0 Å². The first-order chi connectivity index (χ1) is 9.75. The average molecular weight is 280 g/mol. The number of thiophene rings is 1. The first-order valence-electron chi connectivity index (χ1n) is 6.22. The topological polar surface area (TPSA) is 37.3 Å². The molecule has 0 spiro atoms. The van der Waals surface area contributed by atoms with E-state index in [1.165, 1.54) is 11.3 Å². The smallest absolute Gasteiger partial charge is 0.195 e. The van der Waals surface area contributed by atoms with Gasteiger partial charge in [-0.05, 0) is 34.5 Å². The van der Waals surface area contributed by atoms with Crippen molar-refractivity contribution in [2.24, 2.45) is 0 Å². The molecule has 1 aromatic heterocycles. The van der Waals surface area contributed by atoms with Crippen molar-refractivity contribution in [2.75, 3.05) is 0 Å². The Morgan fingerprint density at radius 3 is 2.55 bits per heavy atom. The van der Waals surface area contributed by atoms with Gasteiger partial charge in [0.2, 0.25) is 0 Å². The summed E-state index contributed by atoms with van der Waals surface area (Å²) in [5.74, 6) is 0.250. The largest absolute Gasteiger partial charge is 0.507 e. The van der Waals surface area contributed by atoms with E-state index in [4.69, 9.17) is 0 Å². The molecular formula is C17H12O2S. The lowest BCUT2D eigenvalue weighted by Crippen LogP contribution is -1.89. The van der Waals surface area contributed by atoms with Crippen LogP contribution in [0.3, 0.4) is 0 Å². The molecule has 0 aliphatic heterocycles. The van der Waals surface area contributed by atoms with Crippen molar-refractivity contribution in [2.45, 2.75) is 0 Å². The maximum atomic E-state index is 12.0. The van der Waals surface area contributed by atoms with E-state index >= 15 is 0 Å². The Morgan fingerprint density at radius 1 is 1.00 bits per heavy atom. The highest BCUT2D eigenvalue weighted by atomic mass is 32.1. The molecule has 2 nitrogen and oxygen atoms in total. The highest BCUT2D eigenvalue weighted by Crippen LogP contribution is 2.28. The van der Waals surface area contributed by atoms with Gasteiger partial charge >= 0.3 is 0 Å². The number of phenolic OH excluding ortho intramolecular Hbond substituents is 1. The fourth-order valence-electron chi connectivity index (χ4n) is 2.12. The lowest BCUT2D eigenvalue weighted by atomic mass is 10.0. The number of hydrogen-bond acceptors (Lipinski definition) is 3. The Morgan fingerprint density at radius 2 is 1.80 bits per heavy atom. The highest BCUT2D eigenvalue weighted by Gasteiger charge is 2.04. The number of fused-ring (bicyclic) bond motifs is 1. The molecule has 0 saturated carbocycles. The quantitative estimate of drug-likeness (QED) is 0.566. The molecule has 20 heavy (non-hydrogen) atoms. The van der Waals surface area contributed by atoms with Crippen LogP contribution >= 0.6 is 11.3 Å². The monoisotopic (exact) mass is 280 g/mol. The van der Waals surface area contributed by atoms with Crippen LogP contribution in [0.25, 0.3) is 16.8 Å². The SMILES string of the molecule is O=C(/C=C/c1ccc(O)c2ccccc12)c1cccs1. The van der Waals surface area contributed by atoms with Crippen LogP contribution in [0.15, 0.2) is 60.0 Å². The minimum atomic E-state index is -0.00263. The maximum absolute atomic E-state index is 12.0. The van der Waals surface area contributed by atoms with E-state index in [0.29, 0.717) is 0 Å². The van der Waals surface area contributed by atoms with Crippen LogP contribution in [0.1, 0.15) is 15.2 Å². The Hall–Kier alpha value is -2.39. The number of ketones is 1. The van der Waals surface area contributed by atoms with Gasteiger partial charge in [-0.1, -0.05) is 42.5 Å². The molecule has 0 radical (unpaired) electrons. The van der Waals surface area contributed by atoms with Crippen molar-refractivity contribution in [1.29, 1.82) is 0 Å². The van der Waals surface area contributed by atoms with Gasteiger partial charge in [-0.15, -0.1) is 11.3 Å². The fourth-order valence-corrected chi connectivity index (χ4v) is 2.76. The highest BCUT2D eigenvalue weighted by molar-refractivity contribution is 7.12. The van der Waals surface area contributed by atoms with Crippen LogP contribution in [0.2, 0.25) is 0 Å². The van der Waals surface area contributed by atoms with E-state index in [1.807, 2.05) is 47.8 Å². The Balaban J connectivity index is 1.99. The van der Waals surface area contributed by atoms with E-state index in [2.05, 4.69) is 0 Å². The zero-order chi connectivity index (χ0) is 13.9. The van der Waals surface area contributed by atoms with Crippen LogP contribution in [0.4, 0.5) is 0 Å². The van der Waals surface area contributed by atoms with Gasteiger partial charge in [0.05, 0.1) is 4.88 Å². The molecule has 0 saturated heterocycles. The summed E-state index contributed by atoms with van der Waals surface area (Å²) in [6.07, 6.45) is 3.37. The zero-order valence-electron chi connectivity index (χ0n) is 10.6. The molecule has 3 heteroatoms. The van der Waals surface area contributed by atoms with Gasteiger partial charge in [0.25, 0.3) is 0 Å². The standard InChI is InChI=1S/C17H12O2S/c18-15-9-7-12(13-4-1-2-5-14(13)15)8-10-16(19)17-6-3-11-20-17/h1-11,18H/b10-8+. The van der Waals surface area contributed by atoms with E-state index < -0.39 is 0 Å². The maximum Gasteiger partial charge on any atom is 0.195 e. The Kier molecular flexibility index (Phi) is 3.35. The third-order valence-electron chi connectivity index (χ3n) is 3.11. The molecule has 0 unspecified atom stereocenters. The number of phenols is 1. The zero-order valence-corrected chi connectivity index (χ0v) is 11.4. The molecule has 0 fully saturated rings. The number of aromatic hydroxyl groups is 1. The van der Waals surface area contributed by atoms with Gasteiger partial charge in [0.1, 0.15) is 5.75 Å². The van der Waals surface area contributed by atoms with E-state index in [9.17, 15) is 9.90 Å². The van der Waals surface area contributed by atoms with Crippen LogP contribution in [0, 0.1) is 0 Å². The van der Waals surface area contributed by atoms with Crippen LogP contribution < -0.4 is 0 Å². The van der Waals surface area contributed by atoms with Crippen molar-refractivity contribution in [3.8, 4) is 5.75 Å². The van der Waals surface area contributed by atoms with Crippen molar-refractivity contribution in [3.05, 3.63) is 70.4 Å². The predicted octanol–water partition coefficient (Wildman–Crippen LogP) is 4.50. The molecule has 0 aliphatic rings. The summed E-state index contributed by atoms with van der Waals surface area (Å²) in [6, 6.07) is 14.7. The van der Waals surface area contributed by atoms with Gasteiger partial charge in [0.15, 0.2) is 5.78 Å². The lowest BCUT2D eigenvalue weighted by Gasteiger charge is -2.04. The molecule has 0 amide bonds. The second-order valence-electron chi connectivity index (χ2n) is 4.39. The van der Waals surface area contributed by atoms with Crippen LogP contribution in [0.5, 0.6) is 5.75 Å². The first-order valence-corrected chi connectivity index (χ1v) is 7.10. The summed E-state index contributed by atoms with van der Waals surface area (Å²) in [5, 5.41) is 13.4. The molecule has 0 aliphatic carbocycles. The summed E-state index contributed by atoms with van der Waals surface area (Å²) in [5.41, 5.74) is 0.920. The number of carbonyl (C=O) groups is 1. The minimum Gasteiger partial charge on any atom is -0.507 e. The molecule has 1 N–H and O–H groups in total. The van der Waals surface area contributed by atoms with E-state index in [1.54, 1.807) is 18.2 Å².